The molecule has 1 atom stereocenters. The molecule has 1 saturated heterocycles. The van der Waals surface area contributed by atoms with Crippen LogP contribution in [-0.4, -0.2) is 44.7 Å². The van der Waals surface area contributed by atoms with Gasteiger partial charge in [0.25, 0.3) is 5.91 Å². The summed E-state index contributed by atoms with van der Waals surface area (Å²) in [6.45, 7) is 0.0975. The van der Waals surface area contributed by atoms with E-state index in [-0.39, 0.29) is 25.3 Å². The Balaban J connectivity index is 1.57. The highest BCUT2D eigenvalue weighted by atomic mass is 32.2. The zero-order chi connectivity index (χ0) is 21.5. The number of carbonyl (C=O) groups is 3. The number of nitrogens with zero attached hydrogens (tertiary/aromatic N) is 1. The highest BCUT2D eigenvalue weighted by molar-refractivity contribution is 8.26. The molecule has 154 valence electrons. The van der Waals surface area contributed by atoms with E-state index in [0.29, 0.717) is 9.23 Å². The molecular weight excluding hydrogens is 420 g/mol. The molecule has 2 aromatic carbocycles. The molecule has 0 bridgehead atoms. The van der Waals surface area contributed by atoms with Crippen LogP contribution in [-0.2, 0) is 20.8 Å². The first-order valence-corrected chi connectivity index (χ1v) is 10.5. The Labute approximate surface area is 184 Å². The van der Waals surface area contributed by atoms with Crippen LogP contribution in [0.2, 0.25) is 0 Å². The standard InChI is InChI=1S/C22H20N2O4S2/c25-19(23-17(21(27)28)13-15-7-3-1-4-8-15)11-12-24-20(26)18(30-22(24)29)14-16-9-5-2-6-10-16/h1-10,14,17H,11-13H2,(H,23,25)(H,27,28)/b18-14+/t17-/m1/s1. The molecule has 0 aliphatic carbocycles. The number of rotatable bonds is 8. The van der Waals surface area contributed by atoms with Gasteiger partial charge in [0.1, 0.15) is 10.4 Å². The molecule has 6 nitrogen and oxygen atoms in total. The summed E-state index contributed by atoms with van der Waals surface area (Å²) in [4.78, 5) is 38.3. The third-order valence-electron chi connectivity index (χ3n) is 4.45. The minimum Gasteiger partial charge on any atom is -0.480 e. The molecule has 0 unspecified atom stereocenters. The Morgan fingerprint density at radius 2 is 1.73 bits per heavy atom. The topological polar surface area (TPSA) is 86.7 Å². The normalized spacial score (nSPS) is 16.0. The van der Waals surface area contributed by atoms with E-state index in [1.807, 2.05) is 48.5 Å². The number of benzene rings is 2. The van der Waals surface area contributed by atoms with Crippen molar-refractivity contribution in [2.45, 2.75) is 18.9 Å². The second-order valence-electron chi connectivity index (χ2n) is 6.64. The molecule has 2 N–H and O–H groups in total. The van der Waals surface area contributed by atoms with E-state index in [4.69, 9.17) is 12.2 Å². The second-order valence-corrected chi connectivity index (χ2v) is 8.32. The summed E-state index contributed by atoms with van der Waals surface area (Å²) < 4.78 is 0.383. The highest BCUT2D eigenvalue weighted by Gasteiger charge is 2.32. The van der Waals surface area contributed by atoms with Gasteiger partial charge in [0.05, 0.1) is 4.91 Å². The van der Waals surface area contributed by atoms with Crippen LogP contribution in [0.4, 0.5) is 0 Å². The third kappa shape index (κ3) is 5.77. The summed E-state index contributed by atoms with van der Waals surface area (Å²) in [6, 6.07) is 17.5. The van der Waals surface area contributed by atoms with Crippen molar-refractivity contribution in [3.8, 4) is 0 Å². The molecule has 0 aromatic heterocycles. The van der Waals surface area contributed by atoms with Gasteiger partial charge in [-0.25, -0.2) is 4.79 Å². The third-order valence-corrected chi connectivity index (χ3v) is 5.83. The number of carbonyl (C=O) groups excluding carboxylic acids is 2. The van der Waals surface area contributed by atoms with Gasteiger partial charge >= 0.3 is 5.97 Å². The van der Waals surface area contributed by atoms with Crippen LogP contribution in [0.25, 0.3) is 6.08 Å². The molecule has 0 saturated carbocycles. The maximum Gasteiger partial charge on any atom is 0.326 e. The Morgan fingerprint density at radius 3 is 2.37 bits per heavy atom. The number of amides is 2. The zero-order valence-electron chi connectivity index (χ0n) is 16.0. The van der Waals surface area contributed by atoms with E-state index in [0.717, 1.165) is 11.1 Å². The molecule has 1 fully saturated rings. The fourth-order valence-electron chi connectivity index (χ4n) is 2.92. The van der Waals surface area contributed by atoms with Gasteiger partial charge < -0.3 is 10.4 Å². The highest BCUT2D eigenvalue weighted by Crippen LogP contribution is 2.32. The van der Waals surface area contributed by atoms with Crippen LogP contribution < -0.4 is 5.32 Å². The van der Waals surface area contributed by atoms with Crippen LogP contribution in [0.3, 0.4) is 0 Å². The van der Waals surface area contributed by atoms with Gasteiger partial charge in [-0.3, -0.25) is 14.5 Å². The van der Waals surface area contributed by atoms with Crippen molar-refractivity contribution in [3.63, 3.8) is 0 Å². The van der Waals surface area contributed by atoms with Crippen LogP contribution in [0.5, 0.6) is 0 Å². The lowest BCUT2D eigenvalue weighted by molar-refractivity contribution is -0.141. The molecule has 8 heteroatoms. The Hall–Kier alpha value is -2.97. The number of hydrogen-bond acceptors (Lipinski definition) is 5. The smallest absolute Gasteiger partial charge is 0.326 e. The van der Waals surface area contributed by atoms with E-state index in [1.54, 1.807) is 18.2 Å². The van der Waals surface area contributed by atoms with E-state index in [2.05, 4.69) is 5.32 Å². The van der Waals surface area contributed by atoms with Crippen LogP contribution >= 0.6 is 24.0 Å². The van der Waals surface area contributed by atoms with Crippen molar-refractivity contribution in [2.24, 2.45) is 0 Å². The lowest BCUT2D eigenvalue weighted by Crippen LogP contribution is -2.43. The molecule has 1 aliphatic rings. The summed E-state index contributed by atoms with van der Waals surface area (Å²) in [5.74, 6) is -1.80. The molecule has 2 aromatic rings. The lowest BCUT2D eigenvalue weighted by Gasteiger charge is -2.17. The number of thiocarbonyl (C=S) groups is 1. The van der Waals surface area contributed by atoms with E-state index >= 15 is 0 Å². The summed E-state index contributed by atoms with van der Waals surface area (Å²) in [5.41, 5.74) is 1.70. The first-order chi connectivity index (χ1) is 14.4. The molecular formula is C22H20N2O4S2. The van der Waals surface area contributed by atoms with Gasteiger partial charge in [-0.15, -0.1) is 0 Å². The summed E-state index contributed by atoms with van der Waals surface area (Å²) in [5, 5.41) is 11.9. The fraction of sp³-hybridized carbons (Fsp3) is 0.182. The number of nitrogens with one attached hydrogen (secondary N) is 1. The molecule has 0 spiro atoms. The number of carboxylic acid groups (broad SMARTS) is 1. The van der Waals surface area contributed by atoms with Gasteiger partial charge in [-0.1, -0.05) is 84.6 Å². The minimum atomic E-state index is -1.11. The van der Waals surface area contributed by atoms with Crippen molar-refractivity contribution < 1.29 is 19.5 Å². The van der Waals surface area contributed by atoms with Crippen LogP contribution in [0.15, 0.2) is 65.6 Å². The number of thioether (sulfide) groups is 1. The molecule has 1 aliphatic heterocycles. The SMILES string of the molecule is O=C(CCN1C(=O)/C(=C\c2ccccc2)SC1=S)N[C@H](Cc1ccccc1)C(=O)O. The van der Waals surface area contributed by atoms with Crippen molar-refractivity contribution in [3.05, 3.63) is 76.7 Å². The molecule has 0 radical (unpaired) electrons. The summed E-state index contributed by atoms with van der Waals surface area (Å²) in [6.07, 6.45) is 1.91. The number of carboxylic acids is 1. The predicted octanol–water partition coefficient (Wildman–Crippen LogP) is 3.09. The molecule has 2 amide bonds. The molecule has 30 heavy (non-hydrogen) atoms. The minimum absolute atomic E-state index is 0.0381. The van der Waals surface area contributed by atoms with E-state index in [1.165, 1.54) is 16.7 Å². The Morgan fingerprint density at radius 1 is 1.10 bits per heavy atom. The zero-order valence-corrected chi connectivity index (χ0v) is 17.6. The average molecular weight is 441 g/mol. The maximum atomic E-state index is 12.6. The summed E-state index contributed by atoms with van der Waals surface area (Å²) in [7, 11) is 0. The van der Waals surface area contributed by atoms with E-state index < -0.39 is 17.9 Å². The maximum absolute atomic E-state index is 12.6. The fourth-order valence-corrected chi connectivity index (χ4v) is 4.23. The number of aliphatic carboxylic acids is 1. The summed E-state index contributed by atoms with van der Waals surface area (Å²) >= 11 is 6.47. The van der Waals surface area contributed by atoms with E-state index in [9.17, 15) is 19.5 Å². The molecule has 3 rings (SSSR count). The quantitative estimate of drug-likeness (QED) is 0.485. The van der Waals surface area contributed by atoms with Crippen molar-refractivity contribution in [1.82, 2.24) is 10.2 Å². The van der Waals surface area contributed by atoms with Crippen molar-refractivity contribution in [1.29, 1.82) is 0 Å². The van der Waals surface area contributed by atoms with Gasteiger partial charge in [0, 0.05) is 19.4 Å². The average Bonchev–Trinajstić information content (AvgIpc) is 3.00. The largest absolute Gasteiger partial charge is 0.480 e. The monoisotopic (exact) mass is 440 g/mol. The van der Waals surface area contributed by atoms with Gasteiger partial charge in [0.15, 0.2) is 0 Å². The second kappa shape index (κ2) is 10.2. The van der Waals surface area contributed by atoms with Gasteiger partial charge in [-0.05, 0) is 17.2 Å². The Kier molecular flexibility index (Phi) is 7.37. The van der Waals surface area contributed by atoms with Gasteiger partial charge in [0.2, 0.25) is 5.91 Å². The lowest BCUT2D eigenvalue weighted by atomic mass is 10.1. The van der Waals surface area contributed by atoms with Crippen molar-refractivity contribution in [2.75, 3.05) is 6.54 Å². The first-order valence-electron chi connectivity index (χ1n) is 9.30. The van der Waals surface area contributed by atoms with Crippen LogP contribution in [0.1, 0.15) is 17.5 Å². The first kappa shape index (κ1) is 21.7. The predicted molar refractivity (Wildman–Crippen MR) is 121 cm³/mol. The van der Waals surface area contributed by atoms with Gasteiger partial charge in [-0.2, -0.15) is 0 Å². The molecule has 1 heterocycles. The van der Waals surface area contributed by atoms with Crippen LogP contribution in [0, 0.1) is 0 Å². The van der Waals surface area contributed by atoms with Crippen molar-refractivity contribution >= 4 is 52.2 Å². The number of hydrogen-bond donors (Lipinski definition) is 2. The Bertz CT molecular complexity index is 977.